The molecule has 0 bridgehead atoms. The minimum Gasteiger partial charge on any atom is -0.481 e. The summed E-state index contributed by atoms with van der Waals surface area (Å²) < 4.78 is 10.9. The Hall–Kier alpha value is -0.610. The van der Waals surface area contributed by atoms with Gasteiger partial charge in [0.1, 0.15) is 0 Å². The van der Waals surface area contributed by atoms with Gasteiger partial charge in [-0.25, -0.2) is 0 Å². The number of hydrogen-bond donors (Lipinski definition) is 1. The van der Waals surface area contributed by atoms with Gasteiger partial charge in [0, 0.05) is 19.6 Å². The molecule has 74 valence electrons. The number of ether oxygens (including phenoxy) is 2. The predicted molar refractivity (Wildman–Crippen MR) is 44.5 cm³/mol. The van der Waals surface area contributed by atoms with Crippen molar-refractivity contribution in [3.63, 3.8) is 0 Å². The Morgan fingerprint density at radius 2 is 2.31 bits per heavy atom. The minimum absolute atomic E-state index is 0.240. The summed E-state index contributed by atoms with van der Waals surface area (Å²) in [5.41, 5.74) is -0.276. The summed E-state index contributed by atoms with van der Waals surface area (Å²) in [6, 6.07) is 0. The molecule has 1 spiro atoms. The van der Waals surface area contributed by atoms with Gasteiger partial charge in [0.2, 0.25) is 0 Å². The number of carbonyl (C=O) groups is 1. The molecule has 1 N–H and O–H groups in total. The van der Waals surface area contributed by atoms with Crippen molar-refractivity contribution in [2.75, 3.05) is 19.8 Å². The standard InChI is InChI=1S/C9H14O4/c10-8(11)7-1-3-13-9(5-7)2-4-12-6-9/h7H,1-6H2,(H,10,11). The second kappa shape index (κ2) is 3.27. The van der Waals surface area contributed by atoms with E-state index >= 15 is 0 Å². The van der Waals surface area contributed by atoms with Crippen LogP contribution in [0.4, 0.5) is 0 Å². The minimum atomic E-state index is -0.699. The van der Waals surface area contributed by atoms with E-state index in [1.165, 1.54) is 0 Å². The van der Waals surface area contributed by atoms with Gasteiger partial charge in [-0.05, 0) is 12.8 Å². The average Bonchev–Trinajstić information content (AvgIpc) is 2.53. The predicted octanol–water partition coefficient (Wildman–Crippen LogP) is 0.657. The van der Waals surface area contributed by atoms with E-state index < -0.39 is 5.97 Å². The molecular formula is C9H14O4. The Morgan fingerprint density at radius 1 is 1.46 bits per heavy atom. The Bertz CT molecular complexity index is 208. The van der Waals surface area contributed by atoms with Crippen LogP contribution in [0.5, 0.6) is 0 Å². The van der Waals surface area contributed by atoms with Crippen LogP contribution in [0.2, 0.25) is 0 Å². The molecule has 0 aliphatic carbocycles. The highest BCUT2D eigenvalue weighted by Gasteiger charge is 2.42. The zero-order valence-electron chi connectivity index (χ0n) is 7.49. The van der Waals surface area contributed by atoms with Crippen LogP contribution in [0.15, 0.2) is 0 Å². The second-order valence-corrected chi connectivity index (χ2v) is 3.86. The fourth-order valence-corrected chi connectivity index (χ4v) is 2.10. The summed E-state index contributed by atoms with van der Waals surface area (Å²) in [7, 11) is 0. The first-order valence-electron chi connectivity index (χ1n) is 4.66. The van der Waals surface area contributed by atoms with Gasteiger partial charge in [0.25, 0.3) is 0 Å². The lowest BCUT2D eigenvalue weighted by Gasteiger charge is -2.35. The van der Waals surface area contributed by atoms with E-state index in [9.17, 15) is 4.79 Å². The topological polar surface area (TPSA) is 55.8 Å². The van der Waals surface area contributed by atoms with E-state index in [4.69, 9.17) is 14.6 Å². The summed E-state index contributed by atoms with van der Waals surface area (Å²) in [5, 5.41) is 8.89. The first-order chi connectivity index (χ1) is 6.22. The van der Waals surface area contributed by atoms with Crippen molar-refractivity contribution in [1.82, 2.24) is 0 Å². The molecule has 13 heavy (non-hydrogen) atoms. The third kappa shape index (κ3) is 1.69. The zero-order chi connectivity index (χ0) is 9.31. The maximum atomic E-state index is 10.8. The van der Waals surface area contributed by atoms with E-state index in [0.717, 1.165) is 6.42 Å². The number of aliphatic carboxylic acids is 1. The molecule has 4 heteroatoms. The molecule has 2 atom stereocenters. The van der Waals surface area contributed by atoms with Crippen LogP contribution < -0.4 is 0 Å². The Morgan fingerprint density at radius 3 is 2.92 bits per heavy atom. The van der Waals surface area contributed by atoms with Crippen molar-refractivity contribution in [3.8, 4) is 0 Å². The van der Waals surface area contributed by atoms with Crippen LogP contribution in [0.25, 0.3) is 0 Å². The van der Waals surface area contributed by atoms with Crippen LogP contribution in [-0.2, 0) is 14.3 Å². The Kier molecular flexibility index (Phi) is 2.26. The highest BCUT2D eigenvalue weighted by Crippen LogP contribution is 2.35. The quantitative estimate of drug-likeness (QED) is 0.653. The average molecular weight is 186 g/mol. The molecule has 2 aliphatic heterocycles. The van der Waals surface area contributed by atoms with Crippen molar-refractivity contribution < 1.29 is 19.4 Å². The molecule has 0 radical (unpaired) electrons. The molecule has 2 rings (SSSR count). The third-order valence-corrected chi connectivity index (χ3v) is 2.91. The SMILES string of the molecule is O=C(O)C1CCOC2(CCOC2)C1. The highest BCUT2D eigenvalue weighted by molar-refractivity contribution is 5.70. The van der Waals surface area contributed by atoms with E-state index in [-0.39, 0.29) is 11.5 Å². The molecule has 2 unspecified atom stereocenters. The Balaban J connectivity index is 2.02. The summed E-state index contributed by atoms with van der Waals surface area (Å²) in [6.45, 7) is 1.82. The monoisotopic (exact) mass is 186 g/mol. The van der Waals surface area contributed by atoms with Crippen LogP contribution in [0.1, 0.15) is 19.3 Å². The van der Waals surface area contributed by atoms with Gasteiger partial charge < -0.3 is 14.6 Å². The molecule has 2 heterocycles. The van der Waals surface area contributed by atoms with Crippen molar-refractivity contribution >= 4 is 5.97 Å². The molecular weight excluding hydrogens is 172 g/mol. The molecule has 0 saturated carbocycles. The summed E-state index contributed by atoms with van der Waals surface area (Å²) >= 11 is 0. The molecule has 0 amide bonds. The van der Waals surface area contributed by atoms with E-state index in [1.807, 2.05) is 0 Å². The molecule has 0 aromatic heterocycles. The molecule has 2 aliphatic rings. The molecule has 4 nitrogen and oxygen atoms in total. The molecule has 2 saturated heterocycles. The van der Waals surface area contributed by atoms with E-state index in [0.29, 0.717) is 32.7 Å². The van der Waals surface area contributed by atoms with Gasteiger partial charge in [-0.15, -0.1) is 0 Å². The number of carboxylic acid groups (broad SMARTS) is 1. The first-order valence-corrected chi connectivity index (χ1v) is 4.66. The van der Waals surface area contributed by atoms with Gasteiger partial charge >= 0.3 is 5.97 Å². The van der Waals surface area contributed by atoms with Crippen molar-refractivity contribution in [2.45, 2.75) is 24.9 Å². The lowest BCUT2D eigenvalue weighted by atomic mass is 9.85. The summed E-state index contributed by atoms with van der Waals surface area (Å²) in [4.78, 5) is 10.8. The van der Waals surface area contributed by atoms with E-state index in [2.05, 4.69) is 0 Å². The van der Waals surface area contributed by atoms with Crippen molar-refractivity contribution in [3.05, 3.63) is 0 Å². The fourth-order valence-electron chi connectivity index (χ4n) is 2.10. The third-order valence-electron chi connectivity index (χ3n) is 2.91. The lowest BCUT2D eigenvalue weighted by Crippen LogP contribution is -2.42. The number of carboxylic acids is 1. The first kappa shape index (κ1) is 8.97. The maximum Gasteiger partial charge on any atom is 0.306 e. The van der Waals surface area contributed by atoms with Crippen molar-refractivity contribution in [1.29, 1.82) is 0 Å². The van der Waals surface area contributed by atoms with Gasteiger partial charge in [-0.2, -0.15) is 0 Å². The smallest absolute Gasteiger partial charge is 0.306 e. The molecule has 2 fully saturated rings. The summed E-state index contributed by atoms with van der Waals surface area (Å²) in [5.74, 6) is -0.940. The fraction of sp³-hybridized carbons (Fsp3) is 0.889. The second-order valence-electron chi connectivity index (χ2n) is 3.86. The van der Waals surface area contributed by atoms with Gasteiger partial charge in [-0.1, -0.05) is 0 Å². The van der Waals surface area contributed by atoms with E-state index in [1.54, 1.807) is 0 Å². The Labute approximate surface area is 76.8 Å². The lowest BCUT2D eigenvalue weighted by molar-refractivity contribution is -0.154. The van der Waals surface area contributed by atoms with Crippen molar-refractivity contribution in [2.24, 2.45) is 5.92 Å². The zero-order valence-corrected chi connectivity index (χ0v) is 7.49. The van der Waals surface area contributed by atoms with Gasteiger partial charge in [0.05, 0.1) is 18.1 Å². The van der Waals surface area contributed by atoms with Crippen LogP contribution in [0.3, 0.4) is 0 Å². The highest BCUT2D eigenvalue weighted by atomic mass is 16.6. The molecule has 0 aromatic carbocycles. The van der Waals surface area contributed by atoms with Gasteiger partial charge in [-0.3, -0.25) is 4.79 Å². The number of rotatable bonds is 1. The summed E-state index contributed by atoms with van der Waals surface area (Å²) in [6.07, 6.45) is 2.09. The largest absolute Gasteiger partial charge is 0.481 e. The van der Waals surface area contributed by atoms with Crippen LogP contribution in [-0.4, -0.2) is 36.5 Å². The van der Waals surface area contributed by atoms with Crippen LogP contribution >= 0.6 is 0 Å². The number of hydrogen-bond acceptors (Lipinski definition) is 3. The van der Waals surface area contributed by atoms with Gasteiger partial charge in [0.15, 0.2) is 0 Å². The molecule has 0 aromatic rings. The van der Waals surface area contributed by atoms with Crippen LogP contribution in [0, 0.1) is 5.92 Å². The normalized spacial score (nSPS) is 39.5. The maximum absolute atomic E-state index is 10.8.